The molecular formula is C21H15F3N4O2. The molecule has 152 valence electrons. The van der Waals surface area contributed by atoms with Crippen molar-refractivity contribution in [1.82, 2.24) is 14.8 Å². The molecule has 0 bridgehead atoms. The second-order valence-corrected chi connectivity index (χ2v) is 6.64. The Morgan fingerprint density at radius 3 is 2.50 bits per heavy atom. The predicted molar refractivity (Wildman–Crippen MR) is 107 cm³/mol. The molecule has 0 saturated heterocycles. The second-order valence-electron chi connectivity index (χ2n) is 6.64. The lowest BCUT2D eigenvalue weighted by Gasteiger charge is -2.15. The molecule has 0 fully saturated rings. The van der Waals surface area contributed by atoms with E-state index in [0.717, 1.165) is 22.4 Å². The molecule has 2 N–H and O–H groups in total. The zero-order chi connectivity index (χ0) is 21.5. The second kappa shape index (κ2) is 7.18. The van der Waals surface area contributed by atoms with Crippen LogP contribution < -0.4 is 5.56 Å². The molecule has 0 spiro atoms. The Bertz CT molecular complexity index is 1340. The number of alkyl halides is 3. The van der Waals surface area contributed by atoms with Gasteiger partial charge in [-0.15, -0.1) is 0 Å². The Morgan fingerprint density at radius 1 is 1.10 bits per heavy atom. The minimum Gasteiger partial charge on any atom is -0.494 e. The number of pyridine rings is 1. The third-order valence-electron chi connectivity index (χ3n) is 4.55. The van der Waals surface area contributed by atoms with Crippen LogP contribution in [0.2, 0.25) is 0 Å². The first-order chi connectivity index (χ1) is 14.3. The molecule has 0 amide bonds. The number of aromatic nitrogens is 3. The van der Waals surface area contributed by atoms with E-state index in [1.54, 1.807) is 31.2 Å². The summed E-state index contributed by atoms with van der Waals surface area (Å²) in [5.74, 6) is -0.165. The topological polar surface area (TPSA) is 83.3 Å². The molecule has 0 aliphatic carbocycles. The van der Waals surface area contributed by atoms with E-state index < -0.39 is 23.2 Å². The summed E-state index contributed by atoms with van der Waals surface area (Å²) in [5, 5.41) is 18.2. The summed E-state index contributed by atoms with van der Waals surface area (Å²) in [6.07, 6.45) is -3.26. The number of halogens is 3. The van der Waals surface area contributed by atoms with Gasteiger partial charge in [0, 0.05) is 28.7 Å². The predicted octanol–water partition coefficient (Wildman–Crippen LogP) is 4.50. The van der Waals surface area contributed by atoms with Crippen LogP contribution >= 0.6 is 0 Å². The monoisotopic (exact) mass is 412 g/mol. The van der Waals surface area contributed by atoms with Crippen LogP contribution in [0.5, 0.6) is 5.88 Å². The lowest BCUT2D eigenvalue weighted by Crippen LogP contribution is -2.20. The van der Waals surface area contributed by atoms with Gasteiger partial charge >= 0.3 is 6.18 Å². The molecular weight excluding hydrogens is 397 g/mol. The van der Waals surface area contributed by atoms with Gasteiger partial charge in [-0.3, -0.25) is 9.89 Å². The van der Waals surface area contributed by atoms with Crippen LogP contribution in [0.25, 0.3) is 16.5 Å². The molecule has 2 aromatic heterocycles. The van der Waals surface area contributed by atoms with Crippen LogP contribution in [0.3, 0.4) is 0 Å². The molecule has 0 atom stereocenters. The van der Waals surface area contributed by atoms with Crippen molar-refractivity contribution in [3.05, 3.63) is 81.8 Å². The largest absolute Gasteiger partial charge is 0.494 e. The van der Waals surface area contributed by atoms with Gasteiger partial charge < -0.3 is 5.11 Å². The molecule has 0 aliphatic rings. The van der Waals surface area contributed by atoms with Crippen molar-refractivity contribution in [2.24, 2.45) is 4.99 Å². The van der Waals surface area contributed by atoms with Crippen LogP contribution in [0, 0.1) is 6.92 Å². The highest BCUT2D eigenvalue weighted by molar-refractivity contribution is 6.02. The van der Waals surface area contributed by atoms with E-state index in [1.165, 1.54) is 24.4 Å². The number of nitrogens with zero attached hydrogens (tertiary/aromatic N) is 3. The maximum absolute atomic E-state index is 13.1. The van der Waals surface area contributed by atoms with Gasteiger partial charge in [-0.05, 0) is 31.2 Å². The molecule has 30 heavy (non-hydrogen) atoms. The van der Waals surface area contributed by atoms with Gasteiger partial charge in [0.15, 0.2) is 5.82 Å². The molecule has 6 nitrogen and oxygen atoms in total. The average molecular weight is 412 g/mol. The third kappa shape index (κ3) is 3.45. The molecule has 2 aromatic carbocycles. The Hall–Kier alpha value is -3.88. The van der Waals surface area contributed by atoms with Crippen molar-refractivity contribution >= 4 is 22.8 Å². The number of fused-ring (bicyclic) bond motifs is 1. The van der Waals surface area contributed by atoms with Gasteiger partial charge in [0.1, 0.15) is 0 Å². The number of aryl methyl sites for hydroxylation is 1. The summed E-state index contributed by atoms with van der Waals surface area (Å²) < 4.78 is 40.3. The van der Waals surface area contributed by atoms with Gasteiger partial charge in [0.2, 0.25) is 5.88 Å². The number of rotatable bonds is 3. The third-order valence-corrected chi connectivity index (χ3v) is 4.55. The van der Waals surface area contributed by atoms with Crippen molar-refractivity contribution in [2.45, 2.75) is 13.1 Å². The van der Waals surface area contributed by atoms with Crippen LogP contribution in [0.1, 0.15) is 16.8 Å². The quantitative estimate of drug-likeness (QED) is 0.486. The number of hydrogen-bond donors (Lipinski definition) is 2. The highest BCUT2D eigenvalue weighted by atomic mass is 19.4. The van der Waals surface area contributed by atoms with Gasteiger partial charge in [-0.1, -0.05) is 24.3 Å². The molecule has 0 aliphatic heterocycles. The molecule has 0 unspecified atom stereocenters. The first-order valence-corrected chi connectivity index (χ1v) is 8.86. The van der Waals surface area contributed by atoms with E-state index in [9.17, 15) is 23.1 Å². The van der Waals surface area contributed by atoms with E-state index in [4.69, 9.17) is 0 Å². The van der Waals surface area contributed by atoms with Crippen molar-refractivity contribution in [3.63, 3.8) is 0 Å². The Morgan fingerprint density at radius 2 is 1.83 bits per heavy atom. The summed E-state index contributed by atoms with van der Waals surface area (Å²) in [7, 11) is 0. The lowest BCUT2D eigenvalue weighted by atomic mass is 10.1. The molecule has 4 rings (SSSR count). The van der Waals surface area contributed by atoms with Gasteiger partial charge in [-0.2, -0.15) is 18.3 Å². The highest BCUT2D eigenvalue weighted by Gasteiger charge is 2.31. The van der Waals surface area contributed by atoms with Crippen LogP contribution in [-0.4, -0.2) is 26.1 Å². The standard InChI is InChI=1S/C21H15F3N4O2/c1-12-9-18(27-26-12)25-11-17-15-7-2-3-8-16(15)19(29)28(20(17)30)14-6-4-5-13(10-14)21(22,23)24/h2-11,30H,1H3,(H,26,27). The van der Waals surface area contributed by atoms with Crippen LogP contribution in [-0.2, 0) is 6.18 Å². The molecule has 2 heterocycles. The summed E-state index contributed by atoms with van der Waals surface area (Å²) in [6, 6.07) is 12.4. The van der Waals surface area contributed by atoms with Gasteiger partial charge in [0.05, 0.1) is 16.8 Å². The van der Waals surface area contributed by atoms with E-state index in [2.05, 4.69) is 15.2 Å². The maximum atomic E-state index is 13.1. The molecule has 9 heteroatoms. The minimum atomic E-state index is -4.59. The zero-order valence-corrected chi connectivity index (χ0v) is 15.6. The van der Waals surface area contributed by atoms with Crippen LogP contribution in [0.4, 0.5) is 19.0 Å². The lowest BCUT2D eigenvalue weighted by molar-refractivity contribution is -0.137. The minimum absolute atomic E-state index is 0.108. The fourth-order valence-corrected chi connectivity index (χ4v) is 3.15. The van der Waals surface area contributed by atoms with Crippen LogP contribution in [0.15, 0.2) is 64.4 Å². The molecule has 4 aromatic rings. The number of aromatic hydroxyl groups is 1. The molecule has 0 radical (unpaired) electrons. The molecule has 0 saturated carbocycles. The number of H-pyrrole nitrogens is 1. The number of aromatic amines is 1. The summed E-state index contributed by atoms with van der Waals surface area (Å²) >= 11 is 0. The Labute approximate surface area is 167 Å². The van der Waals surface area contributed by atoms with Crippen molar-refractivity contribution in [1.29, 1.82) is 0 Å². The van der Waals surface area contributed by atoms with Crippen molar-refractivity contribution in [2.75, 3.05) is 0 Å². The smallest absolute Gasteiger partial charge is 0.416 e. The Kier molecular flexibility index (Phi) is 4.65. The van der Waals surface area contributed by atoms with E-state index >= 15 is 0 Å². The normalized spacial score (nSPS) is 12.1. The SMILES string of the molecule is Cc1cc(N=Cc2c(O)n(-c3cccc(C(F)(F)F)c3)c(=O)c3ccccc23)n[nH]1. The Balaban J connectivity index is 1.98. The summed E-state index contributed by atoms with van der Waals surface area (Å²) in [4.78, 5) is 17.2. The first-order valence-electron chi connectivity index (χ1n) is 8.86. The van der Waals surface area contributed by atoms with Crippen molar-refractivity contribution < 1.29 is 18.3 Å². The van der Waals surface area contributed by atoms with Gasteiger partial charge in [-0.25, -0.2) is 9.56 Å². The maximum Gasteiger partial charge on any atom is 0.416 e. The number of benzene rings is 2. The zero-order valence-electron chi connectivity index (χ0n) is 15.6. The average Bonchev–Trinajstić information content (AvgIpc) is 3.13. The number of aliphatic imine (C=N–C) groups is 1. The summed E-state index contributed by atoms with van der Waals surface area (Å²) in [6.45, 7) is 1.80. The van der Waals surface area contributed by atoms with E-state index in [-0.39, 0.29) is 16.6 Å². The van der Waals surface area contributed by atoms with E-state index in [0.29, 0.717) is 11.2 Å². The number of nitrogens with one attached hydrogen (secondary N) is 1. The fraction of sp³-hybridized carbons (Fsp3) is 0.0952. The highest BCUT2D eigenvalue weighted by Crippen LogP contribution is 2.32. The van der Waals surface area contributed by atoms with E-state index in [1.807, 2.05) is 0 Å². The summed E-state index contributed by atoms with van der Waals surface area (Å²) in [5.41, 5.74) is -0.714. The van der Waals surface area contributed by atoms with Crippen molar-refractivity contribution in [3.8, 4) is 11.6 Å². The first kappa shape index (κ1) is 19.4. The van der Waals surface area contributed by atoms with Gasteiger partial charge in [0.25, 0.3) is 5.56 Å². The number of hydrogen-bond acceptors (Lipinski definition) is 4. The fourth-order valence-electron chi connectivity index (χ4n) is 3.15.